The van der Waals surface area contributed by atoms with E-state index in [0.717, 1.165) is 30.6 Å². The van der Waals surface area contributed by atoms with Gasteiger partial charge in [-0.1, -0.05) is 19.9 Å². The summed E-state index contributed by atoms with van der Waals surface area (Å²) in [6, 6.07) is 5.89. The molecule has 2 N–H and O–H groups in total. The molecule has 0 aliphatic carbocycles. The van der Waals surface area contributed by atoms with Crippen LogP contribution in [-0.4, -0.2) is 30.4 Å². The Morgan fingerprint density at radius 3 is 2.80 bits per heavy atom. The van der Waals surface area contributed by atoms with Crippen LogP contribution < -0.4 is 5.73 Å². The van der Waals surface area contributed by atoms with Crippen molar-refractivity contribution in [2.75, 3.05) is 19.6 Å². The molecule has 2 rings (SSSR count). The van der Waals surface area contributed by atoms with Crippen molar-refractivity contribution in [3.05, 3.63) is 34.9 Å². The third-order valence-electron chi connectivity index (χ3n) is 3.47. The lowest BCUT2D eigenvalue weighted by atomic mass is 10.0. The molecule has 0 fully saturated rings. The summed E-state index contributed by atoms with van der Waals surface area (Å²) in [5, 5.41) is 0. The zero-order valence-electron chi connectivity index (χ0n) is 12.4. The van der Waals surface area contributed by atoms with Crippen LogP contribution in [0.1, 0.15) is 41.8 Å². The number of nitrogens with zero attached hydrogens (tertiary/aromatic N) is 1. The standard InChI is InChI=1S/C16H24N2O2/c1-12(2)9-18(7-3-6-17)16(19)13-4-5-14-10-20-11-15(14)8-13/h4-5,8,12H,3,6-7,9-11,17H2,1-2H3. The van der Waals surface area contributed by atoms with Gasteiger partial charge < -0.3 is 15.4 Å². The third-order valence-corrected chi connectivity index (χ3v) is 3.47. The summed E-state index contributed by atoms with van der Waals surface area (Å²) < 4.78 is 5.40. The summed E-state index contributed by atoms with van der Waals surface area (Å²) in [5.74, 6) is 0.552. The van der Waals surface area contributed by atoms with Crippen LogP contribution in [0.25, 0.3) is 0 Å². The van der Waals surface area contributed by atoms with E-state index in [-0.39, 0.29) is 5.91 Å². The van der Waals surface area contributed by atoms with Crippen molar-refractivity contribution in [2.24, 2.45) is 11.7 Å². The number of carbonyl (C=O) groups excluding carboxylic acids is 1. The number of nitrogens with two attached hydrogens (primary N) is 1. The Balaban J connectivity index is 2.13. The SMILES string of the molecule is CC(C)CN(CCCN)C(=O)c1ccc2c(c1)COC2. The first-order valence-corrected chi connectivity index (χ1v) is 7.30. The van der Waals surface area contributed by atoms with Gasteiger partial charge in [0.15, 0.2) is 0 Å². The number of benzene rings is 1. The molecule has 0 bridgehead atoms. The zero-order valence-corrected chi connectivity index (χ0v) is 12.4. The van der Waals surface area contributed by atoms with Gasteiger partial charge in [0, 0.05) is 18.7 Å². The van der Waals surface area contributed by atoms with Gasteiger partial charge in [0.2, 0.25) is 0 Å². The fourth-order valence-corrected chi connectivity index (χ4v) is 2.49. The lowest BCUT2D eigenvalue weighted by Gasteiger charge is -2.24. The van der Waals surface area contributed by atoms with E-state index in [1.165, 1.54) is 5.56 Å². The maximum Gasteiger partial charge on any atom is 0.253 e. The molecule has 4 heteroatoms. The van der Waals surface area contributed by atoms with E-state index in [1.54, 1.807) is 0 Å². The molecule has 0 aromatic heterocycles. The maximum atomic E-state index is 12.6. The molecule has 0 radical (unpaired) electrons. The van der Waals surface area contributed by atoms with Gasteiger partial charge in [-0.2, -0.15) is 0 Å². The summed E-state index contributed by atoms with van der Waals surface area (Å²) >= 11 is 0. The summed E-state index contributed by atoms with van der Waals surface area (Å²) in [6.45, 7) is 7.63. The highest BCUT2D eigenvalue weighted by atomic mass is 16.5. The van der Waals surface area contributed by atoms with Gasteiger partial charge in [0.25, 0.3) is 5.91 Å². The third kappa shape index (κ3) is 3.58. The van der Waals surface area contributed by atoms with Crippen LogP contribution in [0.15, 0.2) is 18.2 Å². The van der Waals surface area contributed by atoms with Crippen LogP contribution in [0, 0.1) is 5.92 Å². The van der Waals surface area contributed by atoms with Crippen LogP contribution >= 0.6 is 0 Å². The predicted molar refractivity (Wildman–Crippen MR) is 79.3 cm³/mol. The monoisotopic (exact) mass is 276 g/mol. The second kappa shape index (κ2) is 6.86. The predicted octanol–water partition coefficient (Wildman–Crippen LogP) is 2.16. The highest BCUT2D eigenvalue weighted by Crippen LogP contribution is 2.21. The molecule has 1 amide bonds. The van der Waals surface area contributed by atoms with E-state index in [2.05, 4.69) is 13.8 Å². The molecule has 0 unspecified atom stereocenters. The first-order valence-electron chi connectivity index (χ1n) is 7.30. The fourth-order valence-electron chi connectivity index (χ4n) is 2.49. The Kier molecular flexibility index (Phi) is 5.15. The van der Waals surface area contributed by atoms with Gasteiger partial charge in [0.05, 0.1) is 13.2 Å². The van der Waals surface area contributed by atoms with Gasteiger partial charge >= 0.3 is 0 Å². The van der Waals surface area contributed by atoms with Gasteiger partial charge in [0.1, 0.15) is 0 Å². The van der Waals surface area contributed by atoms with E-state index in [9.17, 15) is 4.79 Å². The molecule has 1 heterocycles. The molecule has 110 valence electrons. The molecule has 0 spiro atoms. The maximum absolute atomic E-state index is 12.6. The van der Waals surface area contributed by atoms with Crippen molar-refractivity contribution in [3.8, 4) is 0 Å². The molecule has 0 saturated heterocycles. The van der Waals surface area contributed by atoms with Crippen molar-refractivity contribution >= 4 is 5.91 Å². The van der Waals surface area contributed by atoms with Gasteiger partial charge in [-0.3, -0.25) is 4.79 Å². The van der Waals surface area contributed by atoms with Crippen LogP contribution in [-0.2, 0) is 18.0 Å². The Bertz CT molecular complexity index is 472. The molecule has 1 aliphatic heterocycles. The summed E-state index contributed by atoms with van der Waals surface area (Å²) in [6.07, 6.45) is 0.840. The van der Waals surface area contributed by atoms with Crippen molar-refractivity contribution in [3.63, 3.8) is 0 Å². The topological polar surface area (TPSA) is 55.6 Å². The molecular weight excluding hydrogens is 252 g/mol. The van der Waals surface area contributed by atoms with Crippen molar-refractivity contribution in [2.45, 2.75) is 33.5 Å². The Hall–Kier alpha value is -1.39. The van der Waals surface area contributed by atoms with E-state index in [1.807, 2.05) is 23.1 Å². The van der Waals surface area contributed by atoms with Crippen molar-refractivity contribution in [1.29, 1.82) is 0 Å². The number of amides is 1. The molecule has 1 aromatic rings. The van der Waals surface area contributed by atoms with Crippen molar-refractivity contribution < 1.29 is 9.53 Å². The number of carbonyl (C=O) groups is 1. The van der Waals surface area contributed by atoms with E-state index in [4.69, 9.17) is 10.5 Å². The first-order chi connectivity index (χ1) is 9.61. The van der Waals surface area contributed by atoms with Crippen LogP contribution in [0.4, 0.5) is 0 Å². The number of ether oxygens (including phenoxy) is 1. The van der Waals surface area contributed by atoms with Gasteiger partial charge in [-0.05, 0) is 42.1 Å². The highest BCUT2D eigenvalue weighted by molar-refractivity contribution is 5.94. The normalized spacial score (nSPS) is 13.6. The molecule has 4 nitrogen and oxygen atoms in total. The second-order valence-corrected chi connectivity index (χ2v) is 5.76. The molecule has 0 atom stereocenters. The second-order valence-electron chi connectivity index (χ2n) is 5.76. The largest absolute Gasteiger partial charge is 0.372 e. The fraction of sp³-hybridized carbons (Fsp3) is 0.562. The molecule has 0 saturated carbocycles. The zero-order chi connectivity index (χ0) is 14.5. The van der Waals surface area contributed by atoms with E-state index in [0.29, 0.717) is 25.7 Å². The Labute approximate surface area is 120 Å². The summed E-state index contributed by atoms with van der Waals surface area (Å²) in [4.78, 5) is 14.5. The lowest BCUT2D eigenvalue weighted by Crippen LogP contribution is -2.36. The quantitative estimate of drug-likeness (QED) is 0.866. The number of fused-ring (bicyclic) bond motifs is 1. The highest BCUT2D eigenvalue weighted by Gasteiger charge is 2.19. The van der Waals surface area contributed by atoms with E-state index < -0.39 is 0 Å². The summed E-state index contributed by atoms with van der Waals surface area (Å²) in [7, 11) is 0. The lowest BCUT2D eigenvalue weighted by molar-refractivity contribution is 0.0735. The van der Waals surface area contributed by atoms with Gasteiger partial charge in [-0.15, -0.1) is 0 Å². The van der Waals surface area contributed by atoms with Crippen LogP contribution in [0.3, 0.4) is 0 Å². The van der Waals surface area contributed by atoms with Crippen LogP contribution in [0.2, 0.25) is 0 Å². The average Bonchev–Trinajstić information content (AvgIpc) is 2.89. The van der Waals surface area contributed by atoms with E-state index >= 15 is 0 Å². The molecule has 1 aliphatic rings. The minimum Gasteiger partial charge on any atom is -0.372 e. The molecule has 20 heavy (non-hydrogen) atoms. The van der Waals surface area contributed by atoms with Crippen LogP contribution in [0.5, 0.6) is 0 Å². The minimum absolute atomic E-state index is 0.0989. The van der Waals surface area contributed by atoms with Gasteiger partial charge in [-0.25, -0.2) is 0 Å². The Morgan fingerprint density at radius 2 is 2.10 bits per heavy atom. The summed E-state index contributed by atoms with van der Waals surface area (Å²) in [5.41, 5.74) is 8.65. The van der Waals surface area contributed by atoms with Crippen molar-refractivity contribution in [1.82, 2.24) is 4.90 Å². The minimum atomic E-state index is 0.0989. The number of rotatable bonds is 6. The number of hydrogen-bond donors (Lipinski definition) is 1. The smallest absolute Gasteiger partial charge is 0.253 e. The molecular formula is C16H24N2O2. The Morgan fingerprint density at radius 1 is 1.35 bits per heavy atom. The number of hydrogen-bond acceptors (Lipinski definition) is 3. The first kappa shape index (κ1) is 15.0. The average molecular weight is 276 g/mol. The molecule has 1 aromatic carbocycles.